The van der Waals surface area contributed by atoms with Gasteiger partial charge in [-0.15, -0.1) is 0 Å². The Morgan fingerprint density at radius 1 is 1.89 bits per heavy atom. The van der Waals surface area contributed by atoms with Crippen molar-refractivity contribution in [1.29, 1.82) is 0 Å². The lowest BCUT2D eigenvalue weighted by molar-refractivity contribution is -0.121. The van der Waals surface area contributed by atoms with Crippen LogP contribution in [0.4, 0.5) is 0 Å². The average Bonchev–Trinajstić information content (AvgIpc) is 1.60. The van der Waals surface area contributed by atoms with Crippen LogP contribution in [0.25, 0.3) is 0 Å². The summed E-state index contributed by atoms with van der Waals surface area (Å²) in [5.74, 6) is 0.0190. The van der Waals surface area contributed by atoms with E-state index in [4.69, 9.17) is 4.74 Å². The van der Waals surface area contributed by atoms with Gasteiger partial charge in [0.2, 0.25) is 5.91 Å². The Labute approximate surface area is 54.4 Å². The highest BCUT2D eigenvalue weighted by Gasteiger charge is 2.17. The van der Waals surface area contributed by atoms with Gasteiger partial charge in [-0.3, -0.25) is 4.79 Å². The zero-order chi connectivity index (χ0) is 6.69. The first-order valence-corrected chi connectivity index (χ1v) is 3.15. The number of nitrogens with one attached hydrogen (secondary N) is 1. The van der Waals surface area contributed by atoms with Crippen LogP contribution in [0.5, 0.6) is 0 Å². The van der Waals surface area contributed by atoms with E-state index in [0.717, 1.165) is 13.0 Å². The summed E-state index contributed by atoms with van der Waals surface area (Å²) >= 11 is 0. The van der Waals surface area contributed by atoms with E-state index in [1.54, 1.807) is 0 Å². The van der Waals surface area contributed by atoms with E-state index >= 15 is 0 Å². The summed E-state index contributed by atoms with van der Waals surface area (Å²) in [5.41, 5.74) is 0. The molecular weight excluding hydrogens is 118 g/mol. The fraction of sp³-hybridized carbons (Fsp3) is 0.833. The lowest BCUT2D eigenvalue weighted by atomic mass is 10.2. The van der Waals surface area contributed by atoms with E-state index in [1.807, 2.05) is 0 Å². The molecule has 0 aromatic rings. The van der Waals surface area contributed by atoms with E-state index in [-0.39, 0.29) is 12.0 Å². The Morgan fingerprint density at radius 2 is 2.56 bits per heavy atom. The topological polar surface area (TPSA) is 38.3 Å². The van der Waals surface area contributed by atoms with Crippen LogP contribution in [0.1, 0.15) is 13.3 Å². The second kappa shape index (κ2) is 2.82. The van der Waals surface area contributed by atoms with E-state index in [0.29, 0.717) is 6.54 Å². The number of carbonyl (C=O) groups excluding carboxylic acids is 1. The Balaban J connectivity index is 1.97. The lowest BCUT2D eigenvalue weighted by Crippen LogP contribution is -2.38. The second-order valence-electron chi connectivity index (χ2n) is 2.22. The summed E-state index contributed by atoms with van der Waals surface area (Å²) in [7, 11) is 0. The molecule has 1 aliphatic heterocycles. The standard InChI is InChI=1S/C6H11NO2/c1-5(8)7-4-6-2-3-9-6/h6H,2-4H2,1H3,(H,7,8)/t6-/m0/s1. The molecule has 0 aromatic carbocycles. The maximum atomic E-state index is 10.3. The molecule has 1 amide bonds. The number of rotatable bonds is 2. The fourth-order valence-corrected chi connectivity index (χ4v) is 0.703. The summed E-state index contributed by atoms with van der Waals surface area (Å²) in [6.07, 6.45) is 1.37. The van der Waals surface area contributed by atoms with Crippen molar-refractivity contribution in [2.24, 2.45) is 0 Å². The fourth-order valence-electron chi connectivity index (χ4n) is 0.703. The van der Waals surface area contributed by atoms with Crippen LogP contribution in [0.3, 0.4) is 0 Å². The van der Waals surface area contributed by atoms with Crippen molar-refractivity contribution in [2.45, 2.75) is 19.4 Å². The number of ether oxygens (including phenoxy) is 1. The van der Waals surface area contributed by atoms with Crippen LogP contribution in [-0.4, -0.2) is 25.2 Å². The molecule has 1 heterocycles. The van der Waals surface area contributed by atoms with Crippen molar-refractivity contribution in [1.82, 2.24) is 5.32 Å². The van der Waals surface area contributed by atoms with Gasteiger partial charge in [0.15, 0.2) is 0 Å². The first kappa shape index (κ1) is 6.55. The molecule has 0 aliphatic carbocycles. The van der Waals surface area contributed by atoms with Gasteiger partial charge in [0, 0.05) is 20.1 Å². The first-order valence-electron chi connectivity index (χ1n) is 3.15. The SMILES string of the molecule is CC(=O)NC[C@@H]1CCO1. The van der Waals surface area contributed by atoms with Crippen molar-refractivity contribution in [3.63, 3.8) is 0 Å². The van der Waals surface area contributed by atoms with Crippen LogP contribution >= 0.6 is 0 Å². The zero-order valence-electron chi connectivity index (χ0n) is 5.52. The predicted molar refractivity (Wildman–Crippen MR) is 33.0 cm³/mol. The molecule has 9 heavy (non-hydrogen) atoms. The van der Waals surface area contributed by atoms with Crippen LogP contribution in [0, 0.1) is 0 Å². The number of hydrogen-bond donors (Lipinski definition) is 1. The smallest absolute Gasteiger partial charge is 0.216 e. The molecule has 1 atom stereocenters. The van der Waals surface area contributed by atoms with Crippen molar-refractivity contribution in [3.05, 3.63) is 0 Å². The molecule has 1 N–H and O–H groups in total. The third-order valence-corrected chi connectivity index (χ3v) is 1.37. The molecule has 0 spiro atoms. The largest absolute Gasteiger partial charge is 0.376 e. The van der Waals surface area contributed by atoms with Gasteiger partial charge in [0.1, 0.15) is 0 Å². The highest BCUT2D eigenvalue weighted by atomic mass is 16.5. The normalized spacial score (nSPS) is 24.8. The quantitative estimate of drug-likeness (QED) is 0.566. The van der Waals surface area contributed by atoms with Crippen LogP contribution in [0.15, 0.2) is 0 Å². The summed E-state index contributed by atoms with van der Waals surface area (Å²) in [5, 5.41) is 2.68. The summed E-state index contributed by atoms with van der Waals surface area (Å²) in [6, 6.07) is 0. The monoisotopic (exact) mass is 129 g/mol. The van der Waals surface area contributed by atoms with Gasteiger partial charge in [-0.1, -0.05) is 0 Å². The molecule has 0 unspecified atom stereocenters. The molecule has 1 rings (SSSR count). The van der Waals surface area contributed by atoms with Crippen molar-refractivity contribution in [2.75, 3.05) is 13.2 Å². The predicted octanol–water partition coefficient (Wildman–Crippen LogP) is -0.0886. The van der Waals surface area contributed by atoms with Crippen LogP contribution in [-0.2, 0) is 9.53 Å². The first-order chi connectivity index (χ1) is 4.29. The van der Waals surface area contributed by atoms with Gasteiger partial charge in [0.25, 0.3) is 0 Å². The molecule has 3 heteroatoms. The van der Waals surface area contributed by atoms with Crippen molar-refractivity contribution in [3.8, 4) is 0 Å². The minimum atomic E-state index is 0.0190. The van der Waals surface area contributed by atoms with E-state index in [2.05, 4.69) is 5.32 Å². The molecule has 0 bridgehead atoms. The molecule has 1 fully saturated rings. The Kier molecular flexibility index (Phi) is 2.05. The molecule has 0 aromatic heterocycles. The number of carbonyl (C=O) groups is 1. The number of hydrogen-bond acceptors (Lipinski definition) is 2. The van der Waals surface area contributed by atoms with Crippen molar-refractivity contribution >= 4 is 5.91 Å². The van der Waals surface area contributed by atoms with Gasteiger partial charge in [-0.2, -0.15) is 0 Å². The molecule has 3 nitrogen and oxygen atoms in total. The molecular formula is C6H11NO2. The van der Waals surface area contributed by atoms with Crippen LogP contribution in [0.2, 0.25) is 0 Å². The Bertz CT molecular complexity index is 110. The van der Waals surface area contributed by atoms with Crippen molar-refractivity contribution < 1.29 is 9.53 Å². The summed E-state index contributed by atoms with van der Waals surface area (Å²) in [4.78, 5) is 10.3. The van der Waals surface area contributed by atoms with Gasteiger partial charge in [0.05, 0.1) is 6.10 Å². The second-order valence-corrected chi connectivity index (χ2v) is 2.22. The van der Waals surface area contributed by atoms with Crippen LogP contribution < -0.4 is 5.32 Å². The third-order valence-electron chi connectivity index (χ3n) is 1.37. The van der Waals surface area contributed by atoms with E-state index < -0.39 is 0 Å². The highest BCUT2D eigenvalue weighted by molar-refractivity contribution is 5.72. The number of amides is 1. The summed E-state index contributed by atoms with van der Waals surface area (Å²) in [6.45, 7) is 3.04. The maximum Gasteiger partial charge on any atom is 0.216 e. The highest BCUT2D eigenvalue weighted by Crippen LogP contribution is 2.08. The van der Waals surface area contributed by atoms with Gasteiger partial charge in [-0.25, -0.2) is 0 Å². The molecule has 52 valence electrons. The molecule has 1 aliphatic rings. The van der Waals surface area contributed by atoms with Gasteiger partial charge in [-0.05, 0) is 6.42 Å². The van der Waals surface area contributed by atoms with E-state index in [9.17, 15) is 4.79 Å². The molecule has 0 saturated carbocycles. The van der Waals surface area contributed by atoms with Gasteiger partial charge >= 0.3 is 0 Å². The Morgan fingerprint density at radius 3 is 2.89 bits per heavy atom. The summed E-state index contributed by atoms with van der Waals surface area (Å²) < 4.78 is 5.07. The third kappa shape index (κ3) is 2.01. The minimum Gasteiger partial charge on any atom is -0.376 e. The minimum absolute atomic E-state index is 0.0190. The van der Waals surface area contributed by atoms with E-state index in [1.165, 1.54) is 6.92 Å². The zero-order valence-corrected chi connectivity index (χ0v) is 5.52. The maximum absolute atomic E-state index is 10.3. The average molecular weight is 129 g/mol. The Hall–Kier alpha value is -0.570. The molecule has 1 saturated heterocycles. The lowest BCUT2D eigenvalue weighted by Gasteiger charge is -2.26. The molecule has 0 radical (unpaired) electrons. The van der Waals surface area contributed by atoms with Gasteiger partial charge < -0.3 is 10.1 Å².